The van der Waals surface area contributed by atoms with Gasteiger partial charge in [-0.1, -0.05) is 41.9 Å². The van der Waals surface area contributed by atoms with Crippen molar-refractivity contribution in [1.29, 1.82) is 0 Å². The maximum absolute atomic E-state index is 6.18. The summed E-state index contributed by atoms with van der Waals surface area (Å²) in [4.78, 5) is 0. The zero-order valence-electron chi connectivity index (χ0n) is 11.0. The van der Waals surface area contributed by atoms with Crippen molar-refractivity contribution in [3.8, 4) is 5.75 Å². The molecule has 19 heavy (non-hydrogen) atoms. The van der Waals surface area contributed by atoms with Gasteiger partial charge in [0.15, 0.2) is 0 Å². The van der Waals surface area contributed by atoms with Gasteiger partial charge >= 0.3 is 0 Å². The molecule has 0 bridgehead atoms. The Balaban J connectivity index is 2.46. The van der Waals surface area contributed by atoms with E-state index in [1.807, 2.05) is 49.4 Å². The number of methoxy groups -OCH3 is 1. The average molecular weight is 277 g/mol. The Bertz CT molecular complexity index is 572. The Morgan fingerprint density at radius 1 is 1.21 bits per heavy atom. The fourth-order valence-electron chi connectivity index (χ4n) is 2.06. The highest BCUT2D eigenvalue weighted by Crippen LogP contribution is 2.31. The number of rotatable bonds is 4. The van der Waals surface area contributed by atoms with Gasteiger partial charge in [-0.05, 0) is 30.2 Å². The van der Waals surface area contributed by atoms with Gasteiger partial charge in [0, 0.05) is 10.6 Å². The van der Waals surface area contributed by atoms with Crippen LogP contribution in [0.1, 0.15) is 22.7 Å². The van der Waals surface area contributed by atoms with Crippen molar-refractivity contribution in [2.24, 2.45) is 5.84 Å². The molecule has 2 aromatic carbocycles. The largest absolute Gasteiger partial charge is 0.496 e. The third-order valence-corrected chi connectivity index (χ3v) is 3.55. The van der Waals surface area contributed by atoms with E-state index in [2.05, 4.69) is 5.43 Å². The minimum Gasteiger partial charge on any atom is -0.496 e. The molecule has 0 radical (unpaired) electrons. The van der Waals surface area contributed by atoms with Crippen LogP contribution in [0.3, 0.4) is 0 Å². The lowest BCUT2D eigenvalue weighted by molar-refractivity contribution is 0.404. The highest BCUT2D eigenvalue weighted by atomic mass is 35.5. The van der Waals surface area contributed by atoms with E-state index < -0.39 is 0 Å². The van der Waals surface area contributed by atoms with Gasteiger partial charge in [0.05, 0.1) is 13.2 Å². The number of benzene rings is 2. The second-order valence-corrected chi connectivity index (χ2v) is 4.76. The summed E-state index contributed by atoms with van der Waals surface area (Å²) in [6.07, 6.45) is 0. The van der Waals surface area contributed by atoms with Crippen LogP contribution in [0.5, 0.6) is 5.75 Å². The summed E-state index contributed by atoms with van der Waals surface area (Å²) in [5.74, 6) is 6.49. The van der Waals surface area contributed by atoms with Gasteiger partial charge in [-0.15, -0.1) is 0 Å². The van der Waals surface area contributed by atoms with Crippen molar-refractivity contribution in [2.45, 2.75) is 13.0 Å². The maximum Gasteiger partial charge on any atom is 0.124 e. The van der Waals surface area contributed by atoms with E-state index in [0.717, 1.165) is 27.5 Å². The van der Waals surface area contributed by atoms with Gasteiger partial charge in [0.25, 0.3) is 0 Å². The maximum atomic E-state index is 6.18. The van der Waals surface area contributed by atoms with E-state index in [1.54, 1.807) is 7.11 Å². The second-order valence-electron chi connectivity index (χ2n) is 4.35. The summed E-state index contributed by atoms with van der Waals surface area (Å²) in [5, 5.41) is 0.729. The molecule has 0 heterocycles. The molecular weight excluding hydrogens is 260 g/mol. The molecule has 0 saturated carbocycles. The Hall–Kier alpha value is -1.55. The van der Waals surface area contributed by atoms with Crippen LogP contribution >= 0.6 is 11.6 Å². The predicted molar refractivity (Wildman–Crippen MR) is 78.3 cm³/mol. The number of halogens is 1. The lowest BCUT2D eigenvalue weighted by Crippen LogP contribution is -2.29. The van der Waals surface area contributed by atoms with E-state index in [9.17, 15) is 0 Å². The third-order valence-electron chi connectivity index (χ3n) is 3.15. The Kier molecular flexibility index (Phi) is 4.43. The van der Waals surface area contributed by atoms with E-state index in [-0.39, 0.29) is 6.04 Å². The quantitative estimate of drug-likeness (QED) is 0.666. The molecule has 0 aliphatic carbocycles. The molecule has 100 valence electrons. The Labute approximate surface area is 118 Å². The first kappa shape index (κ1) is 13.9. The smallest absolute Gasteiger partial charge is 0.124 e. The van der Waals surface area contributed by atoms with Crippen molar-refractivity contribution in [3.63, 3.8) is 0 Å². The number of hydrogen-bond donors (Lipinski definition) is 2. The SMILES string of the molecule is COc1ccccc1C(NN)c1ccc(C)c(Cl)c1. The molecule has 0 saturated heterocycles. The van der Waals surface area contributed by atoms with Crippen LogP contribution in [0.25, 0.3) is 0 Å². The molecule has 1 unspecified atom stereocenters. The molecule has 2 rings (SSSR count). The molecular formula is C15H17ClN2O. The number of hydrazine groups is 1. The summed E-state index contributed by atoms with van der Waals surface area (Å²) in [5.41, 5.74) is 5.84. The van der Waals surface area contributed by atoms with Gasteiger partial charge < -0.3 is 4.74 Å². The number of para-hydroxylation sites is 1. The van der Waals surface area contributed by atoms with Crippen molar-refractivity contribution in [1.82, 2.24) is 5.43 Å². The molecule has 3 N–H and O–H groups in total. The molecule has 0 amide bonds. The second kappa shape index (κ2) is 6.06. The lowest BCUT2D eigenvalue weighted by atomic mass is 9.97. The van der Waals surface area contributed by atoms with Gasteiger partial charge in [-0.3, -0.25) is 5.84 Å². The van der Waals surface area contributed by atoms with E-state index in [0.29, 0.717) is 0 Å². The van der Waals surface area contributed by atoms with Crippen LogP contribution < -0.4 is 16.0 Å². The summed E-state index contributed by atoms with van der Waals surface area (Å²) in [6, 6.07) is 13.5. The number of ether oxygens (including phenoxy) is 1. The van der Waals surface area contributed by atoms with Crippen LogP contribution in [0.4, 0.5) is 0 Å². The normalized spacial score (nSPS) is 12.2. The van der Waals surface area contributed by atoms with Crippen LogP contribution in [0, 0.1) is 6.92 Å². The number of hydrogen-bond acceptors (Lipinski definition) is 3. The van der Waals surface area contributed by atoms with Crippen LogP contribution in [0.2, 0.25) is 5.02 Å². The van der Waals surface area contributed by atoms with Gasteiger partial charge in [-0.2, -0.15) is 0 Å². The number of aryl methyl sites for hydroxylation is 1. The van der Waals surface area contributed by atoms with E-state index >= 15 is 0 Å². The monoisotopic (exact) mass is 276 g/mol. The third kappa shape index (κ3) is 2.89. The summed E-state index contributed by atoms with van der Waals surface area (Å²) < 4.78 is 5.38. The first-order valence-corrected chi connectivity index (χ1v) is 6.40. The Morgan fingerprint density at radius 3 is 2.58 bits per heavy atom. The standard InChI is InChI=1S/C15H17ClN2O/c1-10-7-8-11(9-13(10)16)15(18-17)12-5-3-4-6-14(12)19-2/h3-9,15,18H,17H2,1-2H3. The van der Waals surface area contributed by atoms with Crippen molar-refractivity contribution < 1.29 is 4.74 Å². The zero-order valence-corrected chi connectivity index (χ0v) is 11.7. The van der Waals surface area contributed by atoms with E-state index in [4.69, 9.17) is 22.2 Å². The fraction of sp³-hybridized carbons (Fsp3) is 0.200. The minimum absolute atomic E-state index is 0.158. The highest BCUT2D eigenvalue weighted by molar-refractivity contribution is 6.31. The molecule has 1 atom stereocenters. The molecule has 4 heteroatoms. The first-order chi connectivity index (χ1) is 9.17. The van der Waals surface area contributed by atoms with E-state index in [1.165, 1.54) is 0 Å². The Morgan fingerprint density at radius 2 is 1.95 bits per heavy atom. The lowest BCUT2D eigenvalue weighted by Gasteiger charge is -2.20. The molecule has 0 fully saturated rings. The topological polar surface area (TPSA) is 47.3 Å². The number of nitrogens with two attached hydrogens (primary N) is 1. The van der Waals surface area contributed by atoms with Gasteiger partial charge in [0.1, 0.15) is 5.75 Å². The van der Waals surface area contributed by atoms with Crippen molar-refractivity contribution in [2.75, 3.05) is 7.11 Å². The first-order valence-electron chi connectivity index (χ1n) is 6.02. The molecule has 0 spiro atoms. The van der Waals surface area contributed by atoms with Gasteiger partial charge in [-0.25, -0.2) is 5.43 Å². The van der Waals surface area contributed by atoms with Crippen molar-refractivity contribution in [3.05, 3.63) is 64.2 Å². The fourth-order valence-corrected chi connectivity index (χ4v) is 2.25. The molecule has 0 aliphatic heterocycles. The number of nitrogens with one attached hydrogen (secondary N) is 1. The summed E-state index contributed by atoms with van der Waals surface area (Å²) >= 11 is 6.18. The summed E-state index contributed by atoms with van der Waals surface area (Å²) in [6.45, 7) is 1.97. The summed E-state index contributed by atoms with van der Waals surface area (Å²) in [7, 11) is 1.65. The molecule has 2 aromatic rings. The van der Waals surface area contributed by atoms with Gasteiger partial charge in [0.2, 0.25) is 0 Å². The highest BCUT2D eigenvalue weighted by Gasteiger charge is 2.17. The van der Waals surface area contributed by atoms with Crippen LogP contribution in [-0.4, -0.2) is 7.11 Å². The average Bonchev–Trinajstić information content (AvgIpc) is 2.44. The van der Waals surface area contributed by atoms with Crippen LogP contribution in [-0.2, 0) is 0 Å². The molecule has 0 aliphatic rings. The molecule has 0 aromatic heterocycles. The minimum atomic E-state index is -0.158. The predicted octanol–water partition coefficient (Wildman–Crippen LogP) is 3.21. The van der Waals surface area contributed by atoms with Crippen LogP contribution in [0.15, 0.2) is 42.5 Å². The van der Waals surface area contributed by atoms with Crippen molar-refractivity contribution >= 4 is 11.6 Å². The zero-order chi connectivity index (χ0) is 13.8. The molecule has 3 nitrogen and oxygen atoms in total.